The van der Waals surface area contributed by atoms with Crippen LogP contribution < -0.4 is 14.9 Å². The zero-order valence-electron chi connectivity index (χ0n) is 14.5. The SMILES string of the molecule is COc1ccc(-c2coc3c4c(ccc3c2=O)OCN(C2CC2)C4)cc1. The molecule has 132 valence electrons. The Hall–Kier alpha value is -2.79. The number of nitrogens with zero attached hydrogens (tertiary/aromatic N) is 1. The lowest BCUT2D eigenvalue weighted by atomic mass is 10.0. The highest BCUT2D eigenvalue weighted by Gasteiger charge is 2.33. The van der Waals surface area contributed by atoms with Crippen molar-refractivity contribution in [1.82, 2.24) is 4.90 Å². The first kappa shape index (κ1) is 15.5. The van der Waals surface area contributed by atoms with Gasteiger partial charge in [-0.15, -0.1) is 0 Å². The minimum Gasteiger partial charge on any atom is -0.497 e. The molecule has 1 saturated carbocycles. The summed E-state index contributed by atoms with van der Waals surface area (Å²) in [7, 11) is 1.62. The monoisotopic (exact) mass is 349 g/mol. The lowest BCUT2D eigenvalue weighted by Crippen LogP contribution is -2.33. The first-order valence-corrected chi connectivity index (χ1v) is 8.83. The molecule has 0 bridgehead atoms. The first-order valence-electron chi connectivity index (χ1n) is 8.83. The Morgan fingerprint density at radius 2 is 1.92 bits per heavy atom. The molecule has 2 aromatic carbocycles. The van der Waals surface area contributed by atoms with Crippen LogP contribution in [0, 0.1) is 0 Å². The van der Waals surface area contributed by atoms with Gasteiger partial charge in [0, 0.05) is 12.6 Å². The van der Waals surface area contributed by atoms with Crippen LogP contribution in [0.1, 0.15) is 18.4 Å². The number of rotatable bonds is 3. The van der Waals surface area contributed by atoms with Crippen LogP contribution in [0.25, 0.3) is 22.1 Å². The fourth-order valence-electron chi connectivity index (χ4n) is 3.57. The van der Waals surface area contributed by atoms with Crippen molar-refractivity contribution in [3.8, 4) is 22.6 Å². The lowest BCUT2D eigenvalue weighted by Gasteiger charge is -2.29. The third-order valence-electron chi connectivity index (χ3n) is 5.21. The molecule has 1 aliphatic heterocycles. The van der Waals surface area contributed by atoms with E-state index in [4.69, 9.17) is 13.9 Å². The fraction of sp³-hybridized carbons (Fsp3) is 0.286. The van der Waals surface area contributed by atoms with E-state index in [9.17, 15) is 4.79 Å². The minimum atomic E-state index is -0.0252. The number of fused-ring (bicyclic) bond motifs is 3. The van der Waals surface area contributed by atoms with Gasteiger partial charge in [-0.3, -0.25) is 9.69 Å². The zero-order chi connectivity index (χ0) is 17.7. The molecule has 2 heterocycles. The molecule has 0 N–H and O–H groups in total. The van der Waals surface area contributed by atoms with Gasteiger partial charge in [-0.05, 0) is 42.7 Å². The fourth-order valence-corrected chi connectivity index (χ4v) is 3.57. The Bertz CT molecular complexity index is 1030. The Morgan fingerprint density at radius 1 is 1.12 bits per heavy atom. The predicted octanol–water partition coefficient (Wildman–Crippen LogP) is 3.78. The van der Waals surface area contributed by atoms with Crippen LogP contribution in [-0.2, 0) is 6.54 Å². The van der Waals surface area contributed by atoms with Gasteiger partial charge < -0.3 is 13.9 Å². The van der Waals surface area contributed by atoms with E-state index in [1.807, 2.05) is 30.3 Å². The molecular formula is C21H19NO4. The van der Waals surface area contributed by atoms with Crippen LogP contribution in [0.15, 0.2) is 51.9 Å². The average Bonchev–Trinajstić information content (AvgIpc) is 3.53. The molecule has 1 fully saturated rings. The number of methoxy groups -OCH3 is 1. The van der Waals surface area contributed by atoms with Gasteiger partial charge in [-0.1, -0.05) is 12.1 Å². The summed E-state index contributed by atoms with van der Waals surface area (Å²) in [5.74, 6) is 1.57. The summed E-state index contributed by atoms with van der Waals surface area (Å²) < 4.78 is 17.0. The second kappa shape index (κ2) is 5.88. The number of hydrogen-bond acceptors (Lipinski definition) is 5. The quantitative estimate of drug-likeness (QED) is 0.720. The van der Waals surface area contributed by atoms with Gasteiger partial charge >= 0.3 is 0 Å². The molecule has 0 atom stereocenters. The summed E-state index contributed by atoms with van der Waals surface area (Å²) in [6, 6.07) is 11.7. The summed E-state index contributed by atoms with van der Waals surface area (Å²) in [5, 5.41) is 0.596. The smallest absolute Gasteiger partial charge is 0.200 e. The standard InChI is InChI=1S/C21H19NO4/c1-24-15-6-2-13(3-7-15)18-11-25-21-16(20(18)23)8-9-19-17(21)10-22(12-26-19)14-4-5-14/h2-3,6-9,11,14H,4-5,10,12H2,1H3. The molecule has 0 unspecified atom stereocenters. The molecule has 0 amide bonds. The second-order valence-electron chi connectivity index (χ2n) is 6.88. The van der Waals surface area contributed by atoms with Crippen molar-refractivity contribution in [2.24, 2.45) is 0 Å². The highest BCUT2D eigenvalue weighted by atomic mass is 16.5. The van der Waals surface area contributed by atoms with Crippen molar-refractivity contribution in [3.05, 3.63) is 58.4 Å². The maximum atomic E-state index is 13.1. The molecule has 1 aliphatic carbocycles. The number of ether oxygens (including phenoxy) is 2. The van der Waals surface area contributed by atoms with Crippen molar-refractivity contribution in [2.75, 3.05) is 13.8 Å². The topological polar surface area (TPSA) is 51.9 Å². The van der Waals surface area contributed by atoms with Gasteiger partial charge in [0.15, 0.2) is 0 Å². The first-order chi connectivity index (χ1) is 12.7. The molecule has 2 aliphatic rings. The molecule has 0 saturated heterocycles. The van der Waals surface area contributed by atoms with Gasteiger partial charge in [0.05, 0.1) is 23.6 Å². The van der Waals surface area contributed by atoms with E-state index in [1.54, 1.807) is 19.4 Å². The molecular weight excluding hydrogens is 330 g/mol. The van der Waals surface area contributed by atoms with Gasteiger partial charge in [-0.2, -0.15) is 0 Å². The highest BCUT2D eigenvalue weighted by Crippen LogP contribution is 2.37. The van der Waals surface area contributed by atoms with Crippen LogP contribution in [0.3, 0.4) is 0 Å². The third-order valence-corrected chi connectivity index (χ3v) is 5.21. The summed E-state index contributed by atoms with van der Waals surface area (Å²) in [5.41, 5.74) is 2.95. The second-order valence-corrected chi connectivity index (χ2v) is 6.88. The van der Waals surface area contributed by atoms with E-state index in [1.165, 1.54) is 12.8 Å². The van der Waals surface area contributed by atoms with Crippen LogP contribution in [0.4, 0.5) is 0 Å². The summed E-state index contributed by atoms with van der Waals surface area (Å²) in [4.78, 5) is 15.4. The number of benzene rings is 2. The highest BCUT2D eigenvalue weighted by molar-refractivity contribution is 5.85. The Kier molecular flexibility index (Phi) is 3.50. The van der Waals surface area contributed by atoms with E-state index in [0.29, 0.717) is 29.3 Å². The Morgan fingerprint density at radius 3 is 2.65 bits per heavy atom. The van der Waals surface area contributed by atoms with Crippen molar-refractivity contribution in [1.29, 1.82) is 0 Å². The lowest BCUT2D eigenvalue weighted by molar-refractivity contribution is 0.0885. The zero-order valence-corrected chi connectivity index (χ0v) is 14.5. The van der Waals surface area contributed by atoms with Crippen molar-refractivity contribution in [3.63, 3.8) is 0 Å². The molecule has 26 heavy (non-hydrogen) atoms. The molecule has 1 aromatic heterocycles. The van der Waals surface area contributed by atoms with Crippen LogP contribution in [0.2, 0.25) is 0 Å². The Labute approximate surface area is 150 Å². The van der Waals surface area contributed by atoms with Gasteiger partial charge in [-0.25, -0.2) is 0 Å². The van der Waals surface area contributed by atoms with E-state index in [2.05, 4.69) is 4.90 Å². The Balaban J connectivity index is 1.61. The summed E-state index contributed by atoms with van der Waals surface area (Å²) in [6.07, 6.45) is 3.99. The molecule has 0 spiro atoms. The van der Waals surface area contributed by atoms with Crippen molar-refractivity contribution in [2.45, 2.75) is 25.4 Å². The van der Waals surface area contributed by atoms with Crippen LogP contribution in [0.5, 0.6) is 11.5 Å². The summed E-state index contributed by atoms with van der Waals surface area (Å²) in [6.45, 7) is 1.37. The van der Waals surface area contributed by atoms with Gasteiger partial charge in [0.2, 0.25) is 5.43 Å². The largest absolute Gasteiger partial charge is 0.497 e. The average molecular weight is 349 g/mol. The van der Waals surface area contributed by atoms with E-state index >= 15 is 0 Å². The van der Waals surface area contributed by atoms with Crippen molar-refractivity contribution < 1.29 is 13.9 Å². The van der Waals surface area contributed by atoms with E-state index < -0.39 is 0 Å². The number of hydrogen-bond donors (Lipinski definition) is 0. The van der Waals surface area contributed by atoms with Crippen LogP contribution >= 0.6 is 0 Å². The van der Waals surface area contributed by atoms with Gasteiger partial charge in [0.25, 0.3) is 0 Å². The summed E-state index contributed by atoms with van der Waals surface area (Å²) >= 11 is 0. The maximum Gasteiger partial charge on any atom is 0.200 e. The van der Waals surface area contributed by atoms with Crippen molar-refractivity contribution >= 4 is 11.0 Å². The maximum absolute atomic E-state index is 13.1. The molecule has 5 heteroatoms. The van der Waals surface area contributed by atoms with E-state index in [-0.39, 0.29) is 5.43 Å². The molecule has 5 rings (SSSR count). The minimum absolute atomic E-state index is 0.0252. The van der Waals surface area contributed by atoms with E-state index in [0.717, 1.165) is 29.2 Å². The molecule has 5 nitrogen and oxygen atoms in total. The molecule has 0 radical (unpaired) electrons. The molecule has 3 aromatic rings. The predicted molar refractivity (Wildman–Crippen MR) is 98.5 cm³/mol. The van der Waals surface area contributed by atoms with Crippen LogP contribution in [-0.4, -0.2) is 24.8 Å². The third kappa shape index (κ3) is 2.47. The van der Waals surface area contributed by atoms with Gasteiger partial charge in [0.1, 0.15) is 30.1 Å². The normalized spacial score (nSPS) is 17.0.